The van der Waals surface area contributed by atoms with Gasteiger partial charge in [-0.25, -0.2) is 0 Å². The summed E-state index contributed by atoms with van der Waals surface area (Å²) in [6.07, 6.45) is 3.48. The molecule has 1 aromatic rings. The van der Waals surface area contributed by atoms with Crippen molar-refractivity contribution in [2.24, 2.45) is 5.73 Å². The molecule has 0 saturated carbocycles. The van der Waals surface area contributed by atoms with Crippen molar-refractivity contribution in [3.8, 4) is 5.75 Å². The molecule has 0 unspecified atom stereocenters. The highest BCUT2D eigenvalue weighted by molar-refractivity contribution is 9.10. The van der Waals surface area contributed by atoms with E-state index in [0.717, 1.165) is 22.9 Å². The van der Waals surface area contributed by atoms with Gasteiger partial charge in [0.15, 0.2) is 0 Å². The third kappa shape index (κ3) is 4.24. The van der Waals surface area contributed by atoms with Crippen LogP contribution >= 0.6 is 28.3 Å². The number of nitrogens with two attached hydrogens (primary N) is 1. The maximum atomic E-state index is 9.58. The second kappa shape index (κ2) is 6.88. The molecule has 0 radical (unpaired) electrons. The summed E-state index contributed by atoms with van der Waals surface area (Å²) in [5, 5.41) is 9.58. The van der Waals surface area contributed by atoms with Crippen molar-refractivity contribution < 1.29 is 5.11 Å². The quantitative estimate of drug-likeness (QED) is 0.834. The number of allylic oxidation sites excluding steroid dienone is 1. The van der Waals surface area contributed by atoms with Crippen LogP contribution in [0.5, 0.6) is 5.75 Å². The van der Waals surface area contributed by atoms with E-state index < -0.39 is 0 Å². The first-order chi connectivity index (χ1) is 6.65. The standard InChI is InChI=1S/C11H14BrNO.ClH/c1-2-3-4-10(13)9-7-8(12)5-6-11(9)14;/h2,5-7,10,14H,1,3-4,13H2;1H/t10-;/m1./s1. The van der Waals surface area contributed by atoms with Crippen LogP contribution in [0.1, 0.15) is 24.4 Å². The van der Waals surface area contributed by atoms with E-state index in [1.54, 1.807) is 12.1 Å². The predicted octanol–water partition coefficient (Wildman–Crippen LogP) is 3.54. The second-order valence-corrected chi connectivity index (χ2v) is 4.09. The highest BCUT2D eigenvalue weighted by Crippen LogP contribution is 2.28. The molecule has 0 fully saturated rings. The molecule has 0 aromatic heterocycles. The minimum atomic E-state index is -0.134. The molecular weight excluding hydrogens is 277 g/mol. The number of phenolic OH excluding ortho intramolecular Hbond substituents is 1. The number of hydrogen-bond donors (Lipinski definition) is 2. The molecule has 1 atom stereocenters. The first-order valence-electron chi connectivity index (χ1n) is 4.50. The molecular formula is C11H15BrClNO. The van der Waals surface area contributed by atoms with Gasteiger partial charge in [0.05, 0.1) is 0 Å². The average Bonchev–Trinajstić information content (AvgIpc) is 2.18. The van der Waals surface area contributed by atoms with Crippen molar-refractivity contribution in [2.45, 2.75) is 18.9 Å². The van der Waals surface area contributed by atoms with E-state index in [1.165, 1.54) is 0 Å². The van der Waals surface area contributed by atoms with Gasteiger partial charge < -0.3 is 10.8 Å². The van der Waals surface area contributed by atoms with Gasteiger partial charge in [-0.1, -0.05) is 22.0 Å². The van der Waals surface area contributed by atoms with Gasteiger partial charge in [-0.15, -0.1) is 19.0 Å². The van der Waals surface area contributed by atoms with Crippen LogP contribution in [0.2, 0.25) is 0 Å². The van der Waals surface area contributed by atoms with Crippen LogP contribution in [0.25, 0.3) is 0 Å². The Hall–Kier alpha value is -0.510. The molecule has 0 heterocycles. The van der Waals surface area contributed by atoms with E-state index in [0.29, 0.717) is 0 Å². The second-order valence-electron chi connectivity index (χ2n) is 3.18. The number of hydrogen-bond acceptors (Lipinski definition) is 2. The number of benzene rings is 1. The fraction of sp³-hybridized carbons (Fsp3) is 0.273. The van der Waals surface area contributed by atoms with Crippen LogP contribution < -0.4 is 5.73 Å². The van der Waals surface area contributed by atoms with Crippen molar-refractivity contribution >= 4 is 28.3 Å². The van der Waals surface area contributed by atoms with Crippen LogP contribution in [0.3, 0.4) is 0 Å². The molecule has 4 heteroatoms. The Morgan fingerprint density at radius 3 is 2.80 bits per heavy atom. The first kappa shape index (κ1) is 14.5. The van der Waals surface area contributed by atoms with Crippen molar-refractivity contribution in [1.29, 1.82) is 0 Å². The maximum absolute atomic E-state index is 9.58. The van der Waals surface area contributed by atoms with Crippen molar-refractivity contribution in [3.63, 3.8) is 0 Å². The SMILES string of the molecule is C=CCC[C@@H](N)c1cc(Br)ccc1O.Cl. The van der Waals surface area contributed by atoms with Gasteiger partial charge in [0, 0.05) is 16.1 Å². The highest BCUT2D eigenvalue weighted by atomic mass is 79.9. The zero-order valence-corrected chi connectivity index (χ0v) is 10.7. The normalized spacial score (nSPS) is 11.6. The number of phenols is 1. The van der Waals surface area contributed by atoms with E-state index in [-0.39, 0.29) is 24.2 Å². The Balaban J connectivity index is 0.00000196. The smallest absolute Gasteiger partial charge is 0.120 e. The fourth-order valence-electron chi connectivity index (χ4n) is 1.28. The molecule has 0 aliphatic rings. The van der Waals surface area contributed by atoms with Crippen LogP contribution in [0.4, 0.5) is 0 Å². The first-order valence-corrected chi connectivity index (χ1v) is 5.29. The van der Waals surface area contributed by atoms with Crippen molar-refractivity contribution in [1.82, 2.24) is 0 Å². The Morgan fingerprint density at radius 1 is 1.53 bits per heavy atom. The minimum absolute atomic E-state index is 0. The number of halogens is 2. The summed E-state index contributed by atoms with van der Waals surface area (Å²) in [5.74, 6) is 0.254. The summed E-state index contributed by atoms with van der Waals surface area (Å²) in [6, 6.07) is 5.15. The fourth-order valence-corrected chi connectivity index (χ4v) is 1.65. The number of aromatic hydroxyl groups is 1. The van der Waals surface area contributed by atoms with Gasteiger partial charge in [0.2, 0.25) is 0 Å². The summed E-state index contributed by atoms with van der Waals surface area (Å²) >= 11 is 3.35. The summed E-state index contributed by atoms with van der Waals surface area (Å²) < 4.78 is 0.930. The molecule has 1 rings (SSSR count). The molecule has 0 saturated heterocycles. The zero-order chi connectivity index (χ0) is 10.6. The molecule has 0 amide bonds. The van der Waals surface area contributed by atoms with Gasteiger partial charge in [0.1, 0.15) is 5.75 Å². The van der Waals surface area contributed by atoms with Crippen molar-refractivity contribution in [3.05, 3.63) is 40.9 Å². The van der Waals surface area contributed by atoms with Crippen LogP contribution in [0.15, 0.2) is 35.3 Å². The molecule has 0 spiro atoms. The van der Waals surface area contributed by atoms with E-state index in [1.807, 2.05) is 12.1 Å². The Morgan fingerprint density at radius 2 is 2.20 bits per heavy atom. The van der Waals surface area contributed by atoms with Gasteiger partial charge in [-0.3, -0.25) is 0 Å². The summed E-state index contributed by atoms with van der Waals surface area (Å²) in [6.45, 7) is 3.64. The van der Waals surface area contributed by atoms with Gasteiger partial charge >= 0.3 is 0 Å². The molecule has 15 heavy (non-hydrogen) atoms. The zero-order valence-electron chi connectivity index (χ0n) is 8.32. The van der Waals surface area contributed by atoms with Crippen LogP contribution in [-0.4, -0.2) is 5.11 Å². The summed E-state index contributed by atoms with van der Waals surface area (Å²) in [7, 11) is 0. The Kier molecular flexibility index (Phi) is 6.65. The maximum Gasteiger partial charge on any atom is 0.120 e. The minimum Gasteiger partial charge on any atom is -0.508 e. The molecule has 1 aromatic carbocycles. The highest BCUT2D eigenvalue weighted by Gasteiger charge is 2.10. The topological polar surface area (TPSA) is 46.2 Å². The van der Waals surface area contributed by atoms with Crippen LogP contribution in [0, 0.1) is 0 Å². The van der Waals surface area contributed by atoms with Crippen LogP contribution in [-0.2, 0) is 0 Å². The summed E-state index contributed by atoms with van der Waals surface area (Å²) in [5.41, 5.74) is 6.70. The lowest BCUT2D eigenvalue weighted by Gasteiger charge is -2.12. The predicted molar refractivity (Wildman–Crippen MR) is 69.4 cm³/mol. The van der Waals surface area contributed by atoms with Crippen molar-refractivity contribution in [2.75, 3.05) is 0 Å². The van der Waals surface area contributed by atoms with Gasteiger partial charge in [-0.2, -0.15) is 0 Å². The van der Waals surface area contributed by atoms with Gasteiger partial charge in [-0.05, 0) is 31.0 Å². The molecule has 84 valence electrons. The Bertz CT molecular complexity index is 330. The Labute approximate surface area is 105 Å². The lowest BCUT2D eigenvalue weighted by atomic mass is 10.0. The van der Waals surface area contributed by atoms with Gasteiger partial charge in [0.25, 0.3) is 0 Å². The van der Waals surface area contributed by atoms with E-state index >= 15 is 0 Å². The third-order valence-electron chi connectivity index (χ3n) is 2.07. The molecule has 2 nitrogen and oxygen atoms in total. The molecule has 0 bridgehead atoms. The lowest BCUT2D eigenvalue weighted by molar-refractivity contribution is 0.458. The van der Waals surface area contributed by atoms with E-state index in [4.69, 9.17) is 5.73 Å². The summed E-state index contributed by atoms with van der Waals surface area (Å²) in [4.78, 5) is 0. The molecule has 0 aliphatic carbocycles. The lowest BCUT2D eigenvalue weighted by Crippen LogP contribution is -2.09. The molecule has 0 aliphatic heterocycles. The average molecular weight is 293 g/mol. The molecule has 3 N–H and O–H groups in total. The third-order valence-corrected chi connectivity index (χ3v) is 2.56. The monoisotopic (exact) mass is 291 g/mol. The largest absolute Gasteiger partial charge is 0.508 e. The van der Waals surface area contributed by atoms with E-state index in [9.17, 15) is 5.11 Å². The van der Waals surface area contributed by atoms with E-state index in [2.05, 4.69) is 22.5 Å². The number of rotatable bonds is 4.